The first-order chi connectivity index (χ1) is 13.3. The van der Waals surface area contributed by atoms with Crippen LogP contribution in [-0.4, -0.2) is 36.3 Å². The molecule has 0 atom stereocenters. The van der Waals surface area contributed by atoms with Crippen LogP contribution in [0.4, 0.5) is 11.8 Å². The molecular formula is C19H23BrClN5O3. The normalized spacial score (nSPS) is 10.6. The third-order valence-corrected chi connectivity index (χ3v) is 5.55. The molecule has 4 N–H and O–H groups in total. The fraction of sp³-hybridized carbons (Fsp3) is 0.316. The number of aromatic nitrogens is 3. The minimum Gasteiger partial charge on any atom is -0.493 e. The summed E-state index contributed by atoms with van der Waals surface area (Å²) in [4.78, 5) is 12.9. The summed E-state index contributed by atoms with van der Waals surface area (Å²) in [6, 6.07) is 1.91. The van der Waals surface area contributed by atoms with Gasteiger partial charge in [-0.25, -0.2) is 4.98 Å². The molecule has 29 heavy (non-hydrogen) atoms. The molecule has 8 nitrogen and oxygen atoms in total. The molecule has 0 fully saturated rings. The van der Waals surface area contributed by atoms with Crippen LogP contribution in [0.5, 0.6) is 17.2 Å². The molecule has 1 aromatic carbocycles. The van der Waals surface area contributed by atoms with Gasteiger partial charge in [-0.2, -0.15) is 9.97 Å². The SMILES string of the molecule is COc1cc(Cc2c(C)nc3nc(N)nc(N)c3c2C)c(Br)c(OC)c1OC.Cl. The average molecular weight is 485 g/mol. The van der Waals surface area contributed by atoms with Gasteiger partial charge in [0.15, 0.2) is 17.1 Å². The van der Waals surface area contributed by atoms with Crippen molar-refractivity contribution in [2.45, 2.75) is 20.3 Å². The Balaban J connectivity index is 0.00000300. The number of rotatable bonds is 5. The number of nitrogens with two attached hydrogens (primary N) is 2. The summed E-state index contributed by atoms with van der Waals surface area (Å²) in [7, 11) is 4.75. The zero-order chi connectivity index (χ0) is 20.6. The van der Waals surface area contributed by atoms with Gasteiger partial charge in [-0.15, -0.1) is 12.4 Å². The van der Waals surface area contributed by atoms with Gasteiger partial charge in [-0.3, -0.25) is 0 Å². The van der Waals surface area contributed by atoms with E-state index in [1.165, 1.54) is 0 Å². The number of aryl methyl sites for hydroxylation is 2. The monoisotopic (exact) mass is 483 g/mol. The van der Waals surface area contributed by atoms with Crippen LogP contribution in [0.15, 0.2) is 10.5 Å². The summed E-state index contributed by atoms with van der Waals surface area (Å²) < 4.78 is 17.2. The summed E-state index contributed by atoms with van der Waals surface area (Å²) in [6.07, 6.45) is 0.571. The maximum absolute atomic E-state index is 6.09. The molecule has 0 bridgehead atoms. The zero-order valence-corrected chi connectivity index (χ0v) is 19.2. The number of benzene rings is 1. The maximum Gasteiger partial charge on any atom is 0.224 e. The maximum atomic E-state index is 6.09. The second-order valence-corrected chi connectivity index (χ2v) is 7.05. The fourth-order valence-electron chi connectivity index (χ4n) is 3.32. The predicted molar refractivity (Wildman–Crippen MR) is 119 cm³/mol. The van der Waals surface area contributed by atoms with Crippen molar-refractivity contribution < 1.29 is 14.2 Å². The number of methoxy groups -OCH3 is 3. The smallest absolute Gasteiger partial charge is 0.224 e. The van der Waals surface area contributed by atoms with Crippen LogP contribution in [0.2, 0.25) is 0 Å². The second-order valence-electron chi connectivity index (χ2n) is 6.26. The third kappa shape index (κ3) is 3.97. The summed E-state index contributed by atoms with van der Waals surface area (Å²) in [5.74, 6) is 2.10. The van der Waals surface area contributed by atoms with Crippen molar-refractivity contribution in [3.05, 3.63) is 32.9 Å². The van der Waals surface area contributed by atoms with Gasteiger partial charge in [0.1, 0.15) is 5.82 Å². The number of fused-ring (bicyclic) bond motifs is 1. The number of anilines is 2. The van der Waals surface area contributed by atoms with Crippen LogP contribution in [-0.2, 0) is 6.42 Å². The first-order valence-electron chi connectivity index (χ1n) is 8.48. The lowest BCUT2D eigenvalue weighted by molar-refractivity contribution is 0.322. The van der Waals surface area contributed by atoms with E-state index in [4.69, 9.17) is 25.7 Å². The minimum absolute atomic E-state index is 0. The molecule has 10 heteroatoms. The van der Waals surface area contributed by atoms with Crippen LogP contribution < -0.4 is 25.7 Å². The standard InChI is InChI=1S/C19H22BrN5O3.ClH/c1-8-11(9(2)23-18-13(8)17(21)24-19(22)25-18)6-10-7-12(26-3)15(27-4)16(28-5)14(10)20;/h7H,6H2,1-5H3,(H4,21,22,23,24,25);1H. The van der Waals surface area contributed by atoms with Gasteiger partial charge in [-0.1, -0.05) is 0 Å². The van der Waals surface area contributed by atoms with E-state index in [0.29, 0.717) is 40.5 Å². The molecule has 3 rings (SSSR count). The van der Waals surface area contributed by atoms with E-state index in [9.17, 15) is 0 Å². The fourth-order valence-corrected chi connectivity index (χ4v) is 3.92. The number of hydrogen-bond acceptors (Lipinski definition) is 8. The molecule has 0 aliphatic carbocycles. The van der Waals surface area contributed by atoms with Crippen molar-refractivity contribution in [3.63, 3.8) is 0 Å². The molecule has 2 aromatic heterocycles. The molecule has 0 aliphatic heterocycles. The first kappa shape index (κ1) is 22.8. The van der Waals surface area contributed by atoms with Gasteiger partial charge in [0.25, 0.3) is 0 Å². The molecule has 0 saturated heterocycles. The molecule has 156 valence electrons. The lowest BCUT2D eigenvalue weighted by Crippen LogP contribution is -2.07. The minimum atomic E-state index is 0. The largest absolute Gasteiger partial charge is 0.493 e. The molecule has 3 aromatic rings. The summed E-state index contributed by atoms with van der Waals surface area (Å²) in [6.45, 7) is 3.91. The van der Waals surface area contributed by atoms with E-state index < -0.39 is 0 Å². The molecule has 0 radical (unpaired) electrons. The summed E-state index contributed by atoms with van der Waals surface area (Å²) >= 11 is 3.63. The Morgan fingerprint density at radius 3 is 2.21 bits per heavy atom. The average Bonchev–Trinajstić information content (AvgIpc) is 2.64. The Kier molecular flexibility index (Phi) is 6.97. The quantitative estimate of drug-likeness (QED) is 0.564. The highest BCUT2D eigenvalue weighted by Gasteiger charge is 2.21. The van der Waals surface area contributed by atoms with Gasteiger partial charge >= 0.3 is 0 Å². The van der Waals surface area contributed by atoms with Gasteiger partial charge in [0, 0.05) is 12.1 Å². The van der Waals surface area contributed by atoms with E-state index in [-0.39, 0.29) is 18.4 Å². The number of hydrogen-bond donors (Lipinski definition) is 2. The molecule has 0 aliphatic rings. The Morgan fingerprint density at radius 1 is 0.966 bits per heavy atom. The van der Waals surface area contributed by atoms with Crippen molar-refractivity contribution in [2.24, 2.45) is 0 Å². The van der Waals surface area contributed by atoms with Crippen molar-refractivity contribution in [1.29, 1.82) is 0 Å². The summed E-state index contributed by atoms with van der Waals surface area (Å²) in [5, 5.41) is 0.707. The molecule has 0 unspecified atom stereocenters. The third-order valence-electron chi connectivity index (χ3n) is 4.69. The Labute approximate surface area is 183 Å². The van der Waals surface area contributed by atoms with Crippen LogP contribution in [0.3, 0.4) is 0 Å². The van der Waals surface area contributed by atoms with E-state index in [2.05, 4.69) is 30.9 Å². The van der Waals surface area contributed by atoms with Crippen molar-refractivity contribution >= 4 is 51.1 Å². The van der Waals surface area contributed by atoms with Gasteiger partial charge in [0.05, 0.1) is 31.2 Å². The number of nitrogens with zero attached hydrogens (tertiary/aromatic N) is 3. The summed E-state index contributed by atoms with van der Waals surface area (Å²) in [5.41, 5.74) is 16.1. The number of nitrogen functional groups attached to an aromatic ring is 2. The van der Waals surface area contributed by atoms with Gasteiger partial charge in [-0.05, 0) is 52.5 Å². The highest BCUT2D eigenvalue weighted by Crippen LogP contribution is 2.45. The van der Waals surface area contributed by atoms with Gasteiger partial charge < -0.3 is 25.7 Å². The number of halogens is 2. The molecular weight excluding hydrogens is 462 g/mol. The lowest BCUT2D eigenvalue weighted by Gasteiger charge is -2.18. The van der Waals surface area contributed by atoms with E-state index in [1.807, 2.05) is 19.9 Å². The first-order valence-corrected chi connectivity index (χ1v) is 9.27. The van der Waals surface area contributed by atoms with Crippen LogP contribution in [0, 0.1) is 13.8 Å². The van der Waals surface area contributed by atoms with E-state index in [1.54, 1.807) is 21.3 Å². The Hall–Kier alpha value is -2.52. The Bertz CT molecular complexity index is 1080. The van der Waals surface area contributed by atoms with E-state index in [0.717, 1.165) is 26.9 Å². The lowest BCUT2D eigenvalue weighted by atomic mass is 9.96. The van der Waals surface area contributed by atoms with Crippen LogP contribution in [0.25, 0.3) is 11.0 Å². The van der Waals surface area contributed by atoms with Crippen LogP contribution in [0.1, 0.15) is 22.4 Å². The van der Waals surface area contributed by atoms with Crippen molar-refractivity contribution in [1.82, 2.24) is 15.0 Å². The zero-order valence-electron chi connectivity index (χ0n) is 16.8. The molecule has 0 saturated carbocycles. The van der Waals surface area contributed by atoms with Gasteiger partial charge in [0.2, 0.25) is 11.7 Å². The van der Waals surface area contributed by atoms with Crippen LogP contribution >= 0.6 is 28.3 Å². The molecule has 2 heterocycles. The number of pyridine rings is 1. The topological polar surface area (TPSA) is 118 Å². The van der Waals surface area contributed by atoms with Crippen molar-refractivity contribution in [3.8, 4) is 17.2 Å². The van der Waals surface area contributed by atoms with Crippen molar-refractivity contribution in [2.75, 3.05) is 32.8 Å². The second kappa shape index (κ2) is 8.87. The number of ether oxygens (including phenoxy) is 3. The molecule has 0 spiro atoms. The highest BCUT2D eigenvalue weighted by molar-refractivity contribution is 9.10. The predicted octanol–water partition coefficient (Wildman–Crippen LogP) is 3.61. The highest BCUT2D eigenvalue weighted by atomic mass is 79.9. The Morgan fingerprint density at radius 2 is 1.62 bits per heavy atom. The molecule has 0 amide bonds. The van der Waals surface area contributed by atoms with E-state index >= 15 is 0 Å².